The van der Waals surface area contributed by atoms with Crippen molar-refractivity contribution in [3.05, 3.63) is 89.9 Å². The smallest absolute Gasteiger partial charge is 0.257 e. The average Bonchev–Trinajstić information content (AvgIpc) is 2.71. The van der Waals surface area contributed by atoms with E-state index in [4.69, 9.17) is 0 Å². The van der Waals surface area contributed by atoms with E-state index in [9.17, 15) is 4.79 Å². The summed E-state index contributed by atoms with van der Waals surface area (Å²) in [6, 6.07) is 17.5. The van der Waals surface area contributed by atoms with E-state index >= 15 is 0 Å². The molecule has 0 spiro atoms. The predicted octanol–water partition coefficient (Wildman–Crippen LogP) is 5.24. The lowest BCUT2D eigenvalue weighted by Crippen LogP contribution is -2.13. The van der Waals surface area contributed by atoms with Crippen LogP contribution in [-0.4, -0.2) is 15.9 Å². The lowest BCUT2D eigenvalue weighted by atomic mass is 10.1. The monoisotopic (exact) mass is 368 g/mol. The van der Waals surface area contributed by atoms with Crippen LogP contribution in [0.1, 0.15) is 21.5 Å². The molecule has 28 heavy (non-hydrogen) atoms. The molecule has 0 aliphatic carbocycles. The SMILES string of the molecule is Cc1cccc(C)c1Nc1cncc(C(=O)Nc2cccc3cccnc23)c1. The molecule has 2 aromatic carbocycles. The molecule has 0 radical (unpaired) electrons. The van der Waals surface area contributed by atoms with Gasteiger partial charge in [-0.15, -0.1) is 0 Å². The maximum absolute atomic E-state index is 12.8. The summed E-state index contributed by atoms with van der Waals surface area (Å²) in [4.78, 5) is 21.4. The Kier molecular flexibility index (Phi) is 4.72. The molecule has 0 fully saturated rings. The van der Waals surface area contributed by atoms with Crippen molar-refractivity contribution in [2.75, 3.05) is 10.6 Å². The van der Waals surface area contributed by atoms with Crippen LogP contribution in [0, 0.1) is 13.8 Å². The molecular weight excluding hydrogens is 348 g/mol. The standard InChI is InChI=1S/C23H20N4O/c1-15-6-3-7-16(2)21(15)26-19-12-18(13-24-14-19)23(28)27-20-10-4-8-17-9-5-11-25-22(17)20/h3-14,26H,1-2H3,(H,27,28). The number of carbonyl (C=O) groups excluding carboxylic acids is 1. The molecule has 0 aliphatic rings. The summed E-state index contributed by atoms with van der Waals surface area (Å²) in [5.41, 5.74) is 5.98. The van der Waals surface area contributed by atoms with Gasteiger partial charge in [0.2, 0.25) is 0 Å². The first-order chi connectivity index (χ1) is 13.6. The van der Waals surface area contributed by atoms with Gasteiger partial charge in [-0.3, -0.25) is 14.8 Å². The summed E-state index contributed by atoms with van der Waals surface area (Å²) < 4.78 is 0. The molecule has 138 valence electrons. The van der Waals surface area contributed by atoms with Crippen LogP contribution in [0.3, 0.4) is 0 Å². The van der Waals surface area contributed by atoms with E-state index in [1.165, 1.54) is 0 Å². The molecular formula is C23H20N4O. The Morgan fingerprint density at radius 3 is 2.50 bits per heavy atom. The van der Waals surface area contributed by atoms with Gasteiger partial charge in [-0.2, -0.15) is 0 Å². The Balaban J connectivity index is 1.59. The number of fused-ring (bicyclic) bond motifs is 1. The number of pyridine rings is 2. The molecule has 2 N–H and O–H groups in total. The summed E-state index contributed by atoms with van der Waals surface area (Å²) >= 11 is 0. The molecule has 1 amide bonds. The minimum atomic E-state index is -0.226. The Hall–Kier alpha value is -3.73. The summed E-state index contributed by atoms with van der Waals surface area (Å²) in [6.07, 6.45) is 4.99. The number of benzene rings is 2. The number of anilines is 3. The van der Waals surface area contributed by atoms with E-state index in [0.717, 1.165) is 33.4 Å². The highest BCUT2D eigenvalue weighted by Gasteiger charge is 2.11. The fourth-order valence-corrected chi connectivity index (χ4v) is 3.19. The number of nitrogens with one attached hydrogen (secondary N) is 2. The van der Waals surface area contributed by atoms with Gasteiger partial charge in [0.15, 0.2) is 0 Å². The highest BCUT2D eigenvalue weighted by molar-refractivity contribution is 6.08. The highest BCUT2D eigenvalue weighted by Crippen LogP contribution is 2.25. The maximum atomic E-state index is 12.8. The molecule has 0 unspecified atom stereocenters. The van der Waals surface area contributed by atoms with Crippen LogP contribution in [0.5, 0.6) is 0 Å². The Labute approximate surface area is 163 Å². The third-order valence-corrected chi connectivity index (χ3v) is 4.63. The quantitative estimate of drug-likeness (QED) is 0.517. The van der Waals surface area contributed by atoms with Gasteiger partial charge in [-0.25, -0.2) is 0 Å². The van der Waals surface area contributed by atoms with E-state index in [0.29, 0.717) is 11.3 Å². The van der Waals surface area contributed by atoms with E-state index < -0.39 is 0 Å². The van der Waals surface area contributed by atoms with E-state index in [1.54, 1.807) is 24.7 Å². The van der Waals surface area contributed by atoms with Crippen molar-refractivity contribution in [3.63, 3.8) is 0 Å². The topological polar surface area (TPSA) is 66.9 Å². The number of hydrogen-bond donors (Lipinski definition) is 2. The Bertz CT molecular complexity index is 1140. The fourth-order valence-electron chi connectivity index (χ4n) is 3.19. The third-order valence-electron chi connectivity index (χ3n) is 4.63. The molecule has 0 bridgehead atoms. The lowest BCUT2D eigenvalue weighted by Gasteiger charge is -2.13. The van der Waals surface area contributed by atoms with Crippen LogP contribution in [0.4, 0.5) is 17.1 Å². The number of aryl methyl sites for hydroxylation is 2. The zero-order valence-corrected chi connectivity index (χ0v) is 15.7. The van der Waals surface area contributed by atoms with E-state index in [2.05, 4.69) is 20.6 Å². The number of nitrogens with zero attached hydrogens (tertiary/aromatic N) is 2. The van der Waals surface area contributed by atoms with Crippen molar-refractivity contribution in [1.82, 2.24) is 9.97 Å². The van der Waals surface area contributed by atoms with Gasteiger partial charge in [0.25, 0.3) is 5.91 Å². The number of aromatic nitrogens is 2. The molecule has 4 aromatic rings. The number of amides is 1. The Morgan fingerprint density at radius 2 is 1.68 bits per heavy atom. The van der Waals surface area contributed by atoms with Crippen molar-refractivity contribution >= 4 is 33.9 Å². The Morgan fingerprint density at radius 1 is 0.929 bits per heavy atom. The normalized spacial score (nSPS) is 10.6. The third kappa shape index (κ3) is 3.55. The lowest BCUT2D eigenvalue weighted by molar-refractivity contribution is 0.102. The van der Waals surface area contributed by atoms with Crippen molar-refractivity contribution in [2.45, 2.75) is 13.8 Å². The van der Waals surface area contributed by atoms with Gasteiger partial charge < -0.3 is 10.6 Å². The zero-order chi connectivity index (χ0) is 19.5. The minimum absolute atomic E-state index is 0.226. The predicted molar refractivity (Wildman–Crippen MR) is 113 cm³/mol. The average molecular weight is 368 g/mol. The maximum Gasteiger partial charge on any atom is 0.257 e. The van der Waals surface area contributed by atoms with Gasteiger partial charge in [0, 0.05) is 23.5 Å². The van der Waals surface area contributed by atoms with Gasteiger partial charge in [-0.1, -0.05) is 36.4 Å². The van der Waals surface area contributed by atoms with Gasteiger partial charge in [0.05, 0.1) is 28.7 Å². The van der Waals surface area contributed by atoms with Crippen LogP contribution in [0.25, 0.3) is 10.9 Å². The van der Waals surface area contributed by atoms with Gasteiger partial charge in [-0.05, 0) is 43.2 Å². The number of hydrogen-bond acceptors (Lipinski definition) is 4. The molecule has 0 saturated carbocycles. The second-order valence-electron chi connectivity index (χ2n) is 6.69. The number of carbonyl (C=O) groups is 1. The first-order valence-corrected chi connectivity index (χ1v) is 9.05. The molecule has 5 heteroatoms. The van der Waals surface area contributed by atoms with Gasteiger partial charge in [0.1, 0.15) is 0 Å². The van der Waals surface area contributed by atoms with Crippen molar-refractivity contribution in [3.8, 4) is 0 Å². The zero-order valence-electron chi connectivity index (χ0n) is 15.7. The molecule has 2 aromatic heterocycles. The van der Waals surface area contributed by atoms with Crippen LogP contribution >= 0.6 is 0 Å². The number of para-hydroxylation sites is 2. The molecule has 4 rings (SSSR count). The van der Waals surface area contributed by atoms with Crippen molar-refractivity contribution < 1.29 is 4.79 Å². The molecule has 0 atom stereocenters. The number of rotatable bonds is 4. The highest BCUT2D eigenvalue weighted by atomic mass is 16.1. The van der Waals surface area contributed by atoms with Crippen LogP contribution in [-0.2, 0) is 0 Å². The van der Waals surface area contributed by atoms with Crippen molar-refractivity contribution in [2.24, 2.45) is 0 Å². The second-order valence-corrected chi connectivity index (χ2v) is 6.69. The first kappa shape index (κ1) is 17.7. The molecule has 5 nitrogen and oxygen atoms in total. The fraction of sp³-hybridized carbons (Fsp3) is 0.0870. The molecule has 2 heterocycles. The second kappa shape index (κ2) is 7.48. The summed E-state index contributed by atoms with van der Waals surface area (Å²) in [5, 5.41) is 7.30. The summed E-state index contributed by atoms with van der Waals surface area (Å²) in [6.45, 7) is 4.10. The van der Waals surface area contributed by atoms with Crippen molar-refractivity contribution in [1.29, 1.82) is 0 Å². The van der Waals surface area contributed by atoms with E-state index in [-0.39, 0.29) is 5.91 Å². The largest absolute Gasteiger partial charge is 0.354 e. The molecule has 0 aliphatic heterocycles. The summed E-state index contributed by atoms with van der Waals surface area (Å²) in [5.74, 6) is -0.226. The summed E-state index contributed by atoms with van der Waals surface area (Å²) in [7, 11) is 0. The van der Waals surface area contributed by atoms with Crippen LogP contribution in [0.15, 0.2) is 73.2 Å². The molecule has 0 saturated heterocycles. The van der Waals surface area contributed by atoms with Crippen LogP contribution < -0.4 is 10.6 Å². The first-order valence-electron chi connectivity index (χ1n) is 9.05. The minimum Gasteiger partial charge on any atom is -0.354 e. The van der Waals surface area contributed by atoms with Gasteiger partial charge >= 0.3 is 0 Å². The van der Waals surface area contributed by atoms with E-state index in [1.807, 2.05) is 62.4 Å². The van der Waals surface area contributed by atoms with Crippen LogP contribution in [0.2, 0.25) is 0 Å².